The van der Waals surface area contributed by atoms with E-state index in [-0.39, 0.29) is 0 Å². The van der Waals surface area contributed by atoms with Crippen LogP contribution in [0.15, 0.2) is 31.1 Å². The number of nitrogens with zero attached hydrogens (tertiary/aromatic N) is 4. The molecule has 1 fully saturated rings. The summed E-state index contributed by atoms with van der Waals surface area (Å²) >= 11 is 0. The number of anilines is 1. The summed E-state index contributed by atoms with van der Waals surface area (Å²) in [6.07, 6.45) is 13.9. The minimum Gasteiger partial charge on any atom is -0.353 e. The van der Waals surface area contributed by atoms with Crippen LogP contribution in [0.5, 0.6) is 0 Å². The first-order chi connectivity index (χ1) is 8.43. The average Bonchev–Trinajstić information content (AvgIpc) is 3.02. The standard InChI is InChI=1S/C12H15N5/c1-2-4-10(3-1)16-12-15-5-6-17(12)11-7-13-9-14-8-11/h5-10H,1-4H2,(H,15,16). The summed E-state index contributed by atoms with van der Waals surface area (Å²) in [6.45, 7) is 0. The molecule has 5 heteroatoms. The Morgan fingerprint density at radius 1 is 1.18 bits per heavy atom. The Balaban J connectivity index is 1.84. The molecule has 88 valence electrons. The lowest BCUT2D eigenvalue weighted by Gasteiger charge is -2.14. The maximum atomic E-state index is 4.35. The predicted octanol–water partition coefficient (Wildman–Crippen LogP) is 2.02. The van der Waals surface area contributed by atoms with Gasteiger partial charge in [-0.1, -0.05) is 12.8 Å². The number of hydrogen-bond donors (Lipinski definition) is 1. The molecule has 1 aliphatic rings. The summed E-state index contributed by atoms with van der Waals surface area (Å²) in [6, 6.07) is 0.556. The summed E-state index contributed by atoms with van der Waals surface area (Å²) < 4.78 is 1.98. The zero-order valence-corrected chi connectivity index (χ0v) is 9.58. The molecule has 2 aromatic heterocycles. The van der Waals surface area contributed by atoms with Crippen molar-refractivity contribution in [2.45, 2.75) is 31.7 Å². The Bertz CT molecular complexity index is 473. The van der Waals surface area contributed by atoms with Gasteiger partial charge in [-0.3, -0.25) is 4.57 Å². The second-order valence-electron chi connectivity index (χ2n) is 4.34. The smallest absolute Gasteiger partial charge is 0.207 e. The van der Waals surface area contributed by atoms with Crippen LogP contribution >= 0.6 is 0 Å². The Labute approximate surface area is 99.9 Å². The molecule has 0 bridgehead atoms. The second-order valence-corrected chi connectivity index (χ2v) is 4.34. The maximum Gasteiger partial charge on any atom is 0.207 e. The van der Waals surface area contributed by atoms with E-state index >= 15 is 0 Å². The van der Waals surface area contributed by atoms with Gasteiger partial charge >= 0.3 is 0 Å². The van der Waals surface area contributed by atoms with Crippen molar-refractivity contribution in [2.24, 2.45) is 0 Å². The first-order valence-electron chi connectivity index (χ1n) is 5.99. The van der Waals surface area contributed by atoms with Crippen molar-refractivity contribution in [1.82, 2.24) is 19.5 Å². The van der Waals surface area contributed by atoms with E-state index in [1.165, 1.54) is 32.0 Å². The molecule has 0 spiro atoms. The fraction of sp³-hybridized carbons (Fsp3) is 0.417. The highest BCUT2D eigenvalue weighted by Gasteiger charge is 2.16. The van der Waals surface area contributed by atoms with Crippen molar-refractivity contribution in [1.29, 1.82) is 0 Å². The van der Waals surface area contributed by atoms with Crippen LogP contribution < -0.4 is 5.32 Å². The molecule has 17 heavy (non-hydrogen) atoms. The van der Waals surface area contributed by atoms with Crippen LogP contribution in [-0.4, -0.2) is 25.6 Å². The predicted molar refractivity (Wildman–Crippen MR) is 65.0 cm³/mol. The van der Waals surface area contributed by atoms with Crippen LogP contribution in [0, 0.1) is 0 Å². The third-order valence-electron chi connectivity index (χ3n) is 3.15. The van der Waals surface area contributed by atoms with Crippen molar-refractivity contribution in [3.63, 3.8) is 0 Å². The number of imidazole rings is 1. The average molecular weight is 229 g/mol. The van der Waals surface area contributed by atoms with Gasteiger partial charge in [0.15, 0.2) is 0 Å². The highest BCUT2D eigenvalue weighted by atomic mass is 15.2. The lowest BCUT2D eigenvalue weighted by molar-refractivity contribution is 0.740. The van der Waals surface area contributed by atoms with Gasteiger partial charge in [0.1, 0.15) is 6.33 Å². The summed E-state index contributed by atoms with van der Waals surface area (Å²) in [5.74, 6) is 0.881. The summed E-state index contributed by atoms with van der Waals surface area (Å²) in [7, 11) is 0. The van der Waals surface area contributed by atoms with Crippen LogP contribution in [0.1, 0.15) is 25.7 Å². The molecule has 1 saturated carbocycles. The van der Waals surface area contributed by atoms with Gasteiger partial charge < -0.3 is 5.32 Å². The van der Waals surface area contributed by atoms with Crippen LogP contribution in [0.2, 0.25) is 0 Å². The molecular formula is C12H15N5. The lowest BCUT2D eigenvalue weighted by atomic mass is 10.2. The molecule has 0 atom stereocenters. The molecule has 3 rings (SSSR count). The molecule has 0 aromatic carbocycles. The van der Waals surface area contributed by atoms with Gasteiger partial charge in [0.25, 0.3) is 0 Å². The van der Waals surface area contributed by atoms with Crippen molar-refractivity contribution in [3.8, 4) is 5.69 Å². The van der Waals surface area contributed by atoms with E-state index < -0.39 is 0 Å². The van der Waals surface area contributed by atoms with Crippen LogP contribution in [0.4, 0.5) is 5.95 Å². The fourth-order valence-corrected chi connectivity index (χ4v) is 2.29. The quantitative estimate of drug-likeness (QED) is 0.874. The molecule has 0 unspecified atom stereocenters. The van der Waals surface area contributed by atoms with Crippen molar-refractivity contribution < 1.29 is 0 Å². The van der Waals surface area contributed by atoms with Gasteiger partial charge in [0.05, 0.1) is 18.1 Å². The van der Waals surface area contributed by atoms with Gasteiger partial charge in [-0.25, -0.2) is 15.0 Å². The number of nitrogens with one attached hydrogen (secondary N) is 1. The van der Waals surface area contributed by atoms with Crippen LogP contribution in [0.25, 0.3) is 5.69 Å². The SMILES string of the molecule is c1ncc(-n2ccnc2NC2CCCC2)cn1. The molecule has 2 heterocycles. The molecule has 1 N–H and O–H groups in total. The highest BCUT2D eigenvalue weighted by molar-refractivity contribution is 5.39. The first-order valence-corrected chi connectivity index (χ1v) is 5.99. The molecule has 0 amide bonds. The number of aromatic nitrogens is 4. The van der Waals surface area contributed by atoms with E-state index in [2.05, 4.69) is 20.3 Å². The van der Waals surface area contributed by atoms with E-state index in [1.807, 2.05) is 10.8 Å². The zero-order chi connectivity index (χ0) is 11.5. The molecule has 0 radical (unpaired) electrons. The fourth-order valence-electron chi connectivity index (χ4n) is 2.29. The summed E-state index contributed by atoms with van der Waals surface area (Å²) in [5, 5.41) is 3.48. The summed E-state index contributed by atoms with van der Waals surface area (Å²) in [4.78, 5) is 12.4. The van der Waals surface area contributed by atoms with Crippen molar-refractivity contribution in [3.05, 3.63) is 31.1 Å². The van der Waals surface area contributed by atoms with E-state index in [0.29, 0.717) is 6.04 Å². The Hall–Kier alpha value is -1.91. The first kappa shape index (κ1) is 10.3. The Morgan fingerprint density at radius 2 is 1.94 bits per heavy atom. The minimum atomic E-state index is 0.556. The third kappa shape index (κ3) is 2.13. The topological polar surface area (TPSA) is 55.6 Å². The van der Waals surface area contributed by atoms with Crippen LogP contribution in [0.3, 0.4) is 0 Å². The van der Waals surface area contributed by atoms with E-state index in [1.54, 1.807) is 18.6 Å². The van der Waals surface area contributed by atoms with Crippen molar-refractivity contribution in [2.75, 3.05) is 5.32 Å². The molecule has 1 aliphatic carbocycles. The van der Waals surface area contributed by atoms with Gasteiger partial charge in [-0.05, 0) is 12.8 Å². The Kier molecular flexibility index (Phi) is 2.73. The van der Waals surface area contributed by atoms with E-state index in [0.717, 1.165) is 11.6 Å². The van der Waals surface area contributed by atoms with Gasteiger partial charge in [0, 0.05) is 18.4 Å². The second kappa shape index (κ2) is 4.53. The minimum absolute atomic E-state index is 0.556. The maximum absolute atomic E-state index is 4.35. The zero-order valence-electron chi connectivity index (χ0n) is 9.58. The third-order valence-corrected chi connectivity index (χ3v) is 3.15. The molecule has 0 saturated heterocycles. The number of rotatable bonds is 3. The van der Waals surface area contributed by atoms with Crippen molar-refractivity contribution >= 4 is 5.95 Å². The molecule has 0 aliphatic heterocycles. The number of hydrogen-bond acceptors (Lipinski definition) is 4. The summed E-state index contributed by atoms with van der Waals surface area (Å²) in [5.41, 5.74) is 0.936. The van der Waals surface area contributed by atoms with Gasteiger partial charge in [0.2, 0.25) is 5.95 Å². The monoisotopic (exact) mass is 229 g/mol. The van der Waals surface area contributed by atoms with E-state index in [4.69, 9.17) is 0 Å². The van der Waals surface area contributed by atoms with Gasteiger partial charge in [-0.15, -0.1) is 0 Å². The molecule has 5 nitrogen and oxygen atoms in total. The Morgan fingerprint density at radius 3 is 2.71 bits per heavy atom. The van der Waals surface area contributed by atoms with Crippen LogP contribution in [-0.2, 0) is 0 Å². The van der Waals surface area contributed by atoms with E-state index in [9.17, 15) is 0 Å². The highest BCUT2D eigenvalue weighted by Crippen LogP contribution is 2.22. The largest absolute Gasteiger partial charge is 0.353 e. The molecule has 2 aromatic rings. The lowest BCUT2D eigenvalue weighted by Crippen LogP contribution is -2.17. The van der Waals surface area contributed by atoms with Gasteiger partial charge in [-0.2, -0.15) is 0 Å². The molecular weight excluding hydrogens is 214 g/mol. The normalized spacial score (nSPS) is 16.2.